The number of ether oxygens (including phenoxy) is 1. The molecule has 4 rings (SSSR count). The number of aryl methyl sites for hydroxylation is 1. The molecule has 0 fully saturated rings. The first-order chi connectivity index (χ1) is 19.2. The topological polar surface area (TPSA) is 118 Å². The number of H-pyrrole nitrogens is 1. The Labute approximate surface area is 235 Å². The van der Waals surface area contributed by atoms with E-state index < -0.39 is 23.8 Å². The number of methoxy groups -OCH3 is 1. The van der Waals surface area contributed by atoms with Gasteiger partial charge >= 0.3 is 0 Å². The number of carbonyl (C=O) groups excluding carboxylic acids is 1. The van der Waals surface area contributed by atoms with E-state index in [2.05, 4.69) is 54.0 Å². The third kappa shape index (κ3) is 6.59. The van der Waals surface area contributed by atoms with Crippen molar-refractivity contribution >= 4 is 41.8 Å². The zero-order valence-electron chi connectivity index (χ0n) is 20.9. The van der Waals surface area contributed by atoms with Crippen molar-refractivity contribution < 1.29 is 22.7 Å². The summed E-state index contributed by atoms with van der Waals surface area (Å²) >= 11 is 7.05. The van der Waals surface area contributed by atoms with E-state index in [1.54, 1.807) is 6.07 Å². The summed E-state index contributed by atoms with van der Waals surface area (Å²) in [4.78, 5) is 29.2. The van der Waals surface area contributed by atoms with E-state index in [-0.39, 0.29) is 39.2 Å². The Morgan fingerprint density at radius 2 is 1.98 bits per heavy atom. The molecule has 1 amide bonds. The van der Waals surface area contributed by atoms with Crippen LogP contribution in [0.5, 0.6) is 5.75 Å². The van der Waals surface area contributed by atoms with Crippen molar-refractivity contribution in [2.75, 3.05) is 13.0 Å². The van der Waals surface area contributed by atoms with Gasteiger partial charge in [0.05, 0.1) is 36.0 Å². The summed E-state index contributed by atoms with van der Waals surface area (Å²) in [6.07, 6.45) is -0.360. The van der Waals surface area contributed by atoms with Crippen LogP contribution in [0.1, 0.15) is 39.6 Å². The van der Waals surface area contributed by atoms with E-state index >= 15 is 0 Å². The van der Waals surface area contributed by atoms with Crippen LogP contribution in [-0.4, -0.2) is 50.8 Å². The highest BCUT2D eigenvalue weighted by Crippen LogP contribution is 2.37. The summed E-state index contributed by atoms with van der Waals surface area (Å²) in [6.45, 7) is 5.33. The predicted octanol–water partition coefficient (Wildman–Crippen LogP) is 5.52. The number of hydrogen-bond acceptors (Lipinski definition) is 8. The summed E-state index contributed by atoms with van der Waals surface area (Å²) in [7, 11) is 1.31. The van der Waals surface area contributed by atoms with Gasteiger partial charge in [0.15, 0.2) is 5.82 Å². The second kappa shape index (κ2) is 12.6. The highest BCUT2D eigenvalue weighted by atomic mass is 35.5. The molecule has 2 N–H and O–H groups in total. The SMILES string of the molecule is C=Nc1ncc(C#Cc2cc(C)[nH]n2)nc1SCNC(=O)c1cc(F)c(Cl)cc1-c1cc(C(F)F)ncc1OC. The summed E-state index contributed by atoms with van der Waals surface area (Å²) < 4.78 is 46.3. The number of pyridine rings is 1. The average Bonchev–Trinajstić information content (AvgIpc) is 3.37. The van der Waals surface area contributed by atoms with Crippen LogP contribution in [0.4, 0.5) is 19.0 Å². The second-order valence-electron chi connectivity index (χ2n) is 7.94. The Bertz CT molecular complexity index is 1650. The molecule has 0 saturated carbocycles. The van der Waals surface area contributed by atoms with Crippen molar-refractivity contribution in [3.8, 4) is 28.7 Å². The number of alkyl halides is 2. The minimum atomic E-state index is -2.88. The third-order valence-electron chi connectivity index (χ3n) is 5.27. The molecule has 9 nitrogen and oxygen atoms in total. The lowest BCUT2D eigenvalue weighted by Crippen LogP contribution is -2.24. The van der Waals surface area contributed by atoms with Gasteiger partial charge in [-0.05, 0) is 55.3 Å². The van der Waals surface area contributed by atoms with Crippen molar-refractivity contribution in [2.24, 2.45) is 4.99 Å². The minimum absolute atomic E-state index is 0.0368. The first-order valence-electron chi connectivity index (χ1n) is 11.3. The Morgan fingerprint density at radius 1 is 1.20 bits per heavy atom. The van der Waals surface area contributed by atoms with E-state index in [1.165, 1.54) is 19.4 Å². The molecule has 3 heterocycles. The van der Waals surface area contributed by atoms with Crippen LogP contribution in [0, 0.1) is 24.6 Å². The molecule has 40 heavy (non-hydrogen) atoms. The Morgan fingerprint density at radius 3 is 2.65 bits per heavy atom. The molecule has 1 aromatic carbocycles. The van der Waals surface area contributed by atoms with Gasteiger partial charge in [-0.15, -0.1) is 0 Å². The number of aromatic nitrogens is 5. The van der Waals surface area contributed by atoms with Crippen LogP contribution in [-0.2, 0) is 0 Å². The number of rotatable bonds is 8. The van der Waals surface area contributed by atoms with Crippen LogP contribution in [0.15, 0.2) is 46.7 Å². The zero-order chi connectivity index (χ0) is 28.8. The first kappa shape index (κ1) is 28.6. The van der Waals surface area contributed by atoms with Crippen molar-refractivity contribution in [1.82, 2.24) is 30.5 Å². The molecule has 3 aromatic heterocycles. The van der Waals surface area contributed by atoms with Crippen molar-refractivity contribution in [1.29, 1.82) is 0 Å². The van der Waals surface area contributed by atoms with Crippen molar-refractivity contribution in [2.45, 2.75) is 18.4 Å². The fraction of sp³-hybridized carbons (Fsp3) is 0.154. The number of carbonyl (C=O) groups is 1. The molecule has 0 aliphatic carbocycles. The van der Waals surface area contributed by atoms with E-state index in [1.807, 2.05) is 6.92 Å². The molecule has 4 aromatic rings. The normalized spacial score (nSPS) is 10.7. The number of amides is 1. The van der Waals surface area contributed by atoms with Gasteiger partial charge in [0, 0.05) is 11.3 Å². The molecule has 0 atom stereocenters. The predicted molar refractivity (Wildman–Crippen MR) is 145 cm³/mol. The summed E-state index contributed by atoms with van der Waals surface area (Å²) in [5, 5.41) is 9.50. The summed E-state index contributed by atoms with van der Waals surface area (Å²) in [6, 6.07) is 4.92. The molecule has 0 bridgehead atoms. The highest BCUT2D eigenvalue weighted by Gasteiger charge is 2.22. The molecule has 0 radical (unpaired) electrons. The zero-order valence-corrected chi connectivity index (χ0v) is 22.5. The lowest BCUT2D eigenvalue weighted by Gasteiger charge is -2.15. The Kier molecular flexibility index (Phi) is 9.03. The minimum Gasteiger partial charge on any atom is -0.494 e. The van der Waals surface area contributed by atoms with Crippen molar-refractivity contribution in [3.63, 3.8) is 0 Å². The number of aromatic amines is 1. The number of aliphatic imine (C=N–C) groups is 1. The van der Waals surface area contributed by atoms with Crippen LogP contribution in [0.2, 0.25) is 5.02 Å². The van der Waals surface area contributed by atoms with Gasteiger partial charge < -0.3 is 10.1 Å². The van der Waals surface area contributed by atoms with Crippen molar-refractivity contribution in [3.05, 3.63) is 75.8 Å². The van der Waals surface area contributed by atoms with E-state index in [0.29, 0.717) is 16.4 Å². The maximum atomic E-state index is 14.4. The fourth-order valence-electron chi connectivity index (χ4n) is 3.42. The molecule has 0 spiro atoms. The molecular weight excluding hydrogens is 567 g/mol. The van der Waals surface area contributed by atoms with Gasteiger partial charge in [0.1, 0.15) is 33.7 Å². The number of nitrogens with one attached hydrogen (secondary N) is 2. The summed E-state index contributed by atoms with van der Waals surface area (Å²) in [5.41, 5.74) is 1.19. The fourth-order valence-corrected chi connectivity index (χ4v) is 4.33. The molecule has 0 unspecified atom stereocenters. The molecule has 0 aliphatic heterocycles. The lowest BCUT2D eigenvalue weighted by atomic mass is 9.98. The number of hydrogen-bond donors (Lipinski definition) is 2. The van der Waals surface area contributed by atoms with E-state index in [0.717, 1.165) is 35.8 Å². The smallest absolute Gasteiger partial charge is 0.280 e. The van der Waals surface area contributed by atoms with E-state index in [9.17, 15) is 18.0 Å². The first-order valence-corrected chi connectivity index (χ1v) is 12.7. The van der Waals surface area contributed by atoms with Crippen LogP contribution in [0.3, 0.4) is 0 Å². The quantitative estimate of drug-likeness (QED) is 0.121. The standard InChI is InChI=1S/C26H19ClF3N7O2S/c1-13-6-14(37-36-13)4-5-15-10-33-24(31-2)26(35-15)40-12-34-25(38)18-8-20(28)19(27)7-16(18)17-9-21(23(29)30)32-11-22(17)39-3/h6-11,23H,2,12H2,1,3H3,(H,34,38)(H,36,37). The van der Waals surface area contributed by atoms with Gasteiger partial charge in [-0.1, -0.05) is 23.4 Å². The maximum absolute atomic E-state index is 14.4. The molecular formula is C26H19ClF3N7O2S. The molecule has 0 aliphatic rings. The molecule has 14 heteroatoms. The number of benzene rings is 1. The summed E-state index contributed by atoms with van der Waals surface area (Å²) in [5.74, 6) is 4.43. The van der Waals surface area contributed by atoms with Crippen LogP contribution < -0.4 is 10.1 Å². The van der Waals surface area contributed by atoms with Gasteiger partial charge in [0.25, 0.3) is 12.3 Å². The lowest BCUT2D eigenvalue weighted by molar-refractivity contribution is 0.0961. The van der Waals surface area contributed by atoms with Gasteiger partial charge in [-0.2, -0.15) is 5.10 Å². The highest BCUT2D eigenvalue weighted by molar-refractivity contribution is 7.99. The van der Waals surface area contributed by atoms with E-state index in [4.69, 9.17) is 16.3 Å². The Balaban J connectivity index is 1.58. The maximum Gasteiger partial charge on any atom is 0.280 e. The average molecular weight is 586 g/mol. The third-order valence-corrected chi connectivity index (χ3v) is 6.39. The van der Waals surface area contributed by atoms with Gasteiger partial charge in [-0.3, -0.25) is 14.9 Å². The number of thioether (sulfide) groups is 1. The van der Waals surface area contributed by atoms with Crippen LogP contribution in [0.25, 0.3) is 11.1 Å². The number of halogens is 4. The van der Waals surface area contributed by atoms with Gasteiger partial charge in [0.2, 0.25) is 0 Å². The Hall–Kier alpha value is -4.41. The molecule has 204 valence electrons. The van der Waals surface area contributed by atoms with Crippen LogP contribution >= 0.6 is 23.4 Å². The second-order valence-corrected chi connectivity index (χ2v) is 9.32. The molecule has 0 saturated heterocycles. The van der Waals surface area contributed by atoms with Gasteiger partial charge in [-0.25, -0.2) is 28.1 Å². The largest absolute Gasteiger partial charge is 0.494 e. The number of nitrogens with zero attached hydrogens (tertiary/aromatic N) is 5. The monoisotopic (exact) mass is 585 g/mol.